The van der Waals surface area contributed by atoms with Crippen LogP contribution in [0.15, 0.2) is 0 Å². The van der Waals surface area contributed by atoms with E-state index in [2.05, 4.69) is 0 Å². The van der Waals surface area contributed by atoms with Gasteiger partial charge in [0.2, 0.25) is 0 Å². The minimum absolute atomic E-state index is 0.0382. The van der Waals surface area contributed by atoms with Crippen LogP contribution in [0.2, 0.25) is 0 Å². The van der Waals surface area contributed by atoms with Crippen molar-refractivity contribution in [3.63, 3.8) is 0 Å². The lowest BCUT2D eigenvalue weighted by Gasteiger charge is -2.27. The molecule has 1 saturated heterocycles. The lowest BCUT2D eigenvalue weighted by Crippen LogP contribution is -2.51. The first-order chi connectivity index (χ1) is 8.58. The minimum atomic E-state index is -6.14. The maximum Gasteiger partial charge on any atom is 0.470 e. The zero-order valence-corrected chi connectivity index (χ0v) is 10.5. The van der Waals surface area contributed by atoms with Gasteiger partial charge in [0.25, 0.3) is 10.0 Å². The Balaban J connectivity index is 2.51. The van der Waals surface area contributed by atoms with Gasteiger partial charge in [0.1, 0.15) is 0 Å². The molecule has 0 aromatic carbocycles. The van der Waals surface area contributed by atoms with Gasteiger partial charge in [0.05, 0.1) is 13.2 Å². The molecule has 0 radical (unpaired) electrons. The van der Waals surface area contributed by atoms with Crippen molar-refractivity contribution in [1.82, 2.24) is 9.62 Å². The largest absolute Gasteiger partial charge is 0.470 e. The minimum Gasteiger partial charge on any atom is -0.379 e. The number of morpholine rings is 1. The van der Waals surface area contributed by atoms with Crippen LogP contribution in [-0.4, -0.2) is 64.1 Å². The second kappa shape index (κ2) is 5.85. The third kappa shape index (κ3) is 3.97. The van der Waals surface area contributed by atoms with Crippen LogP contribution in [0, 0.1) is 0 Å². The molecule has 1 heterocycles. The molecule has 0 spiro atoms. The third-order valence-corrected chi connectivity index (χ3v) is 3.98. The number of sulfonamides is 1. The average molecular weight is 312 g/mol. The molecule has 1 N–H and O–H groups in total. The summed E-state index contributed by atoms with van der Waals surface area (Å²) in [5, 5.41) is -5.80. The Morgan fingerprint density at radius 2 is 1.63 bits per heavy atom. The maximum atomic E-state index is 12.7. The molecule has 0 aliphatic carbocycles. The summed E-state index contributed by atoms with van der Waals surface area (Å²) in [5.41, 5.74) is 0. The number of rotatable bonds is 5. The normalized spacial score (nSPS) is 19.6. The van der Waals surface area contributed by atoms with Crippen molar-refractivity contribution >= 4 is 10.0 Å². The van der Waals surface area contributed by atoms with Gasteiger partial charge in [-0.15, -0.1) is 0 Å². The summed E-state index contributed by atoms with van der Waals surface area (Å²) in [6.07, 6.45) is -6.14. The fraction of sp³-hybridized carbons (Fsp3) is 1.00. The highest BCUT2D eigenvalue weighted by Gasteiger charge is 2.67. The van der Waals surface area contributed by atoms with E-state index in [1.54, 1.807) is 4.90 Å². The average Bonchev–Trinajstić information content (AvgIpc) is 2.28. The first-order valence-corrected chi connectivity index (χ1v) is 6.80. The molecular weight excluding hydrogens is 299 g/mol. The van der Waals surface area contributed by atoms with Crippen LogP contribution in [0.5, 0.6) is 0 Å². The molecule has 0 aromatic heterocycles. The van der Waals surface area contributed by atoms with Gasteiger partial charge in [-0.2, -0.15) is 22.0 Å². The molecule has 11 heteroatoms. The van der Waals surface area contributed by atoms with Crippen molar-refractivity contribution < 1.29 is 35.1 Å². The Morgan fingerprint density at radius 1 is 1.11 bits per heavy atom. The lowest BCUT2D eigenvalue weighted by molar-refractivity contribution is -0.241. The van der Waals surface area contributed by atoms with Crippen molar-refractivity contribution in [2.45, 2.75) is 11.4 Å². The monoisotopic (exact) mass is 312 g/mol. The Hall–Kier alpha value is -0.520. The fourth-order valence-corrected chi connectivity index (χ4v) is 2.25. The number of hydrogen-bond acceptors (Lipinski definition) is 4. The van der Waals surface area contributed by atoms with E-state index in [0.29, 0.717) is 26.3 Å². The molecular formula is C8H13F5N2O3S. The number of nitrogens with one attached hydrogen (secondary N) is 1. The van der Waals surface area contributed by atoms with Crippen molar-refractivity contribution in [2.24, 2.45) is 0 Å². The summed E-state index contributed by atoms with van der Waals surface area (Å²) >= 11 is 0. The van der Waals surface area contributed by atoms with Gasteiger partial charge in [-0.3, -0.25) is 4.90 Å². The van der Waals surface area contributed by atoms with E-state index in [0.717, 1.165) is 0 Å². The third-order valence-electron chi connectivity index (χ3n) is 2.49. The predicted molar refractivity (Wildman–Crippen MR) is 55.2 cm³/mol. The fourth-order valence-electron chi connectivity index (χ4n) is 1.41. The van der Waals surface area contributed by atoms with E-state index < -0.39 is 28.0 Å². The van der Waals surface area contributed by atoms with E-state index in [4.69, 9.17) is 4.74 Å². The smallest absolute Gasteiger partial charge is 0.379 e. The van der Waals surface area contributed by atoms with Crippen LogP contribution in [0.25, 0.3) is 0 Å². The summed E-state index contributed by atoms with van der Waals surface area (Å²) in [6.45, 7) is 1.27. The number of hydrogen-bond donors (Lipinski definition) is 1. The van der Waals surface area contributed by atoms with Gasteiger partial charge in [-0.1, -0.05) is 0 Å². The Morgan fingerprint density at radius 3 is 2.11 bits per heavy atom. The standard InChI is InChI=1S/C8H13F5N2O3S/c9-7(10,11)8(12,13)19(16,17)14-1-2-15-3-5-18-6-4-15/h14H,1-6H2. The van der Waals surface area contributed by atoms with Gasteiger partial charge in [-0.05, 0) is 0 Å². The summed E-state index contributed by atoms with van der Waals surface area (Å²) < 4.78 is 89.2. The molecule has 0 atom stereocenters. The van der Waals surface area contributed by atoms with E-state index in [-0.39, 0.29) is 6.54 Å². The van der Waals surface area contributed by atoms with E-state index >= 15 is 0 Å². The molecule has 1 aliphatic rings. The Labute approximate surface area is 106 Å². The van der Waals surface area contributed by atoms with E-state index in [1.807, 2.05) is 0 Å². The maximum absolute atomic E-state index is 12.7. The van der Waals surface area contributed by atoms with Crippen LogP contribution in [-0.2, 0) is 14.8 Å². The summed E-state index contributed by atoms with van der Waals surface area (Å²) in [4.78, 5) is 1.69. The SMILES string of the molecule is O=S(=O)(NCCN1CCOCC1)C(F)(F)C(F)(F)F. The molecule has 0 unspecified atom stereocenters. The topological polar surface area (TPSA) is 58.6 Å². The number of ether oxygens (including phenoxy) is 1. The molecule has 0 saturated carbocycles. The molecule has 19 heavy (non-hydrogen) atoms. The van der Waals surface area contributed by atoms with Gasteiger partial charge in [-0.25, -0.2) is 13.1 Å². The Kier molecular flexibility index (Phi) is 5.09. The molecule has 5 nitrogen and oxygen atoms in total. The first kappa shape index (κ1) is 16.5. The molecule has 0 amide bonds. The zero-order valence-electron chi connectivity index (χ0n) is 9.71. The number of alkyl halides is 5. The molecule has 1 fully saturated rings. The molecule has 0 bridgehead atoms. The molecule has 114 valence electrons. The molecule has 1 rings (SSSR count). The van der Waals surface area contributed by atoms with Crippen molar-refractivity contribution in [2.75, 3.05) is 39.4 Å². The predicted octanol–water partition coefficient (Wildman–Crippen LogP) is 0.393. The highest BCUT2D eigenvalue weighted by atomic mass is 32.2. The number of nitrogens with zero attached hydrogens (tertiary/aromatic N) is 1. The number of halogens is 5. The van der Waals surface area contributed by atoms with Crippen molar-refractivity contribution in [1.29, 1.82) is 0 Å². The van der Waals surface area contributed by atoms with Gasteiger partial charge in [0.15, 0.2) is 0 Å². The lowest BCUT2D eigenvalue weighted by atomic mass is 10.4. The molecule has 0 aromatic rings. The first-order valence-electron chi connectivity index (χ1n) is 5.32. The summed E-state index contributed by atoms with van der Waals surface area (Å²) in [7, 11) is -5.78. The van der Waals surface area contributed by atoms with Crippen LogP contribution in [0.1, 0.15) is 0 Å². The van der Waals surface area contributed by atoms with Crippen LogP contribution >= 0.6 is 0 Å². The highest BCUT2D eigenvalue weighted by molar-refractivity contribution is 7.90. The second-order valence-electron chi connectivity index (χ2n) is 3.87. The van der Waals surface area contributed by atoms with Gasteiger partial charge >= 0.3 is 11.4 Å². The second-order valence-corrected chi connectivity index (χ2v) is 5.67. The van der Waals surface area contributed by atoms with E-state index in [9.17, 15) is 30.4 Å². The Bertz CT molecular complexity index is 392. The van der Waals surface area contributed by atoms with Gasteiger partial charge < -0.3 is 4.74 Å². The van der Waals surface area contributed by atoms with Crippen molar-refractivity contribution in [3.8, 4) is 0 Å². The zero-order chi connectivity index (χ0) is 14.7. The highest BCUT2D eigenvalue weighted by Crippen LogP contribution is 2.39. The summed E-state index contributed by atoms with van der Waals surface area (Å²) in [6, 6.07) is 0. The molecule has 1 aliphatic heterocycles. The van der Waals surface area contributed by atoms with Gasteiger partial charge in [0, 0.05) is 26.2 Å². The quantitative estimate of drug-likeness (QED) is 0.746. The van der Waals surface area contributed by atoms with Crippen LogP contribution in [0.4, 0.5) is 22.0 Å². The van der Waals surface area contributed by atoms with Crippen LogP contribution in [0.3, 0.4) is 0 Å². The summed E-state index contributed by atoms with van der Waals surface area (Å²) in [5.74, 6) is 0. The van der Waals surface area contributed by atoms with Crippen LogP contribution < -0.4 is 4.72 Å². The van der Waals surface area contributed by atoms with E-state index in [1.165, 1.54) is 4.72 Å². The van der Waals surface area contributed by atoms with Crippen molar-refractivity contribution in [3.05, 3.63) is 0 Å².